The Morgan fingerprint density at radius 3 is 2.55 bits per heavy atom. The number of nitrogens with one attached hydrogen (secondary N) is 1. The van der Waals surface area contributed by atoms with E-state index in [1.807, 2.05) is 24.3 Å². The molecule has 9 heteroatoms. The second-order valence-corrected chi connectivity index (χ2v) is 10.8. The number of carbonyl (C=O) groups excluding carboxylic acids is 2. The summed E-state index contributed by atoms with van der Waals surface area (Å²) in [6.45, 7) is 0.152. The van der Waals surface area contributed by atoms with Crippen molar-refractivity contribution in [3.63, 3.8) is 0 Å². The van der Waals surface area contributed by atoms with Crippen LogP contribution in [0.1, 0.15) is 53.6 Å². The second kappa shape index (κ2) is 10.2. The maximum atomic E-state index is 13.3. The normalized spacial score (nSPS) is 17.2. The average molecular weight is 491 g/mol. The molecule has 1 N–H and O–H groups in total. The Hall–Kier alpha value is -2.42. The van der Waals surface area contributed by atoms with Gasteiger partial charge in [-0.1, -0.05) is 55.1 Å². The van der Waals surface area contributed by atoms with Crippen LogP contribution < -0.4 is 5.32 Å². The molecule has 1 fully saturated rings. The highest BCUT2D eigenvalue weighted by Gasteiger charge is 2.31. The Labute approximate surface area is 199 Å². The molecular weight excluding hydrogens is 464 g/mol. The fourth-order valence-corrected chi connectivity index (χ4v) is 6.29. The average Bonchev–Trinajstić information content (AvgIpc) is 2.83. The number of nitrogens with zero attached hydrogens (tertiary/aromatic N) is 1. The van der Waals surface area contributed by atoms with E-state index >= 15 is 0 Å². The zero-order valence-corrected chi connectivity index (χ0v) is 19.8. The second-order valence-electron chi connectivity index (χ2n) is 8.48. The molecule has 0 aromatic heterocycles. The Balaban J connectivity index is 1.43. The van der Waals surface area contributed by atoms with Crippen molar-refractivity contribution in [2.75, 3.05) is 13.2 Å². The zero-order chi connectivity index (χ0) is 23.4. The van der Waals surface area contributed by atoms with Gasteiger partial charge in [0.2, 0.25) is 10.0 Å². The van der Waals surface area contributed by atoms with Gasteiger partial charge < -0.3 is 10.1 Å². The number of carbonyl (C=O) groups is 2. The molecule has 2 aromatic rings. The van der Waals surface area contributed by atoms with Gasteiger partial charge in [-0.25, -0.2) is 13.2 Å². The van der Waals surface area contributed by atoms with Gasteiger partial charge in [-0.3, -0.25) is 4.79 Å². The van der Waals surface area contributed by atoms with Crippen molar-refractivity contribution in [1.29, 1.82) is 0 Å². The first kappa shape index (κ1) is 23.7. The first-order valence-corrected chi connectivity index (χ1v) is 13.0. The Kier molecular flexibility index (Phi) is 7.36. The predicted octanol–water partition coefficient (Wildman–Crippen LogP) is 3.69. The van der Waals surface area contributed by atoms with Gasteiger partial charge in [0.15, 0.2) is 6.61 Å². The summed E-state index contributed by atoms with van der Waals surface area (Å²) in [6.07, 6.45) is 5.79. The van der Waals surface area contributed by atoms with Crippen molar-refractivity contribution >= 4 is 33.5 Å². The third-order valence-corrected chi connectivity index (χ3v) is 8.51. The van der Waals surface area contributed by atoms with Crippen LogP contribution in [0.3, 0.4) is 0 Å². The monoisotopic (exact) mass is 490 g/mol. The van der Waals surface area contributed by atoms with Gasteiger partial charge in [0.1, 0.15) is 4.90 Å². The van der Waals surface area contributed by atoms with Crippen molar-refractivity contribution in [1.82, 2.24) is 9.62 Å². The number of halogens is 1. The lowest BCUT2D eigenvalue weighted by molar-refractivity contribution is -0.125. The number of benzene rings is 2. The van der Waals surface area contributed by atoms with Crippen LogP contribution in [0.15, 0.2) is 47.4 Å². The molecule has 0 unspecified atom stereocenters. The van der Waals surface area contributed by atoms with Crippen molar-refractivity contribution in [2.24, 2.45) is 0 Å². The van der Waals surface area contributed by atoms with Crippen LogP contribution in [0.25, 0.3) is 0 Å². The highest BCUT2D eigenvalue weighted by Crippen LogP contribution is 2.30. The van der Waals surface area contributed by atoms with E-state index in [0.29, 0.717) is 13.0 Å². The molecule has 2 aromatic carbocycles. The third kappa shape index (κ3) is 5.57. The molecule has 0 atom stereocenters. The number of sulfonamides is 1. The fourth-order valence-electron chi connectivity index (χ4n) is 4.37. The van der Waals surface area contributed by atoms with E-state index in [4.69, 9.17) is 16.3 Å². The van der Waals surface area contributed by atoms with E-state index < -0.39 is 22.6 Å². The predicted molar refractivity (Wildman–Crippen MR) is 124 cm³/mol. The Bertz CT molecular complexity index is 1150. The largest absolute Gasteiger partial charge is 0.452 e. The van der Waals surface area contributed by atoms with E-state index in [1.165, 1.54) is 28.9 Å². The molecule has 0 radical (unpaired) electrons. The highest BCUT2D eigenvalue weighted by atomic mass is 35.5. The summed E-state index contributed by atoms with van der Waals surface area (Å²) in [5, 5.41) is 2.91. The van der Waals surface area contributed by atoms with Gasteiger partial charge in [-0.05, 0) is 48.6 Å². The minimum atomic E-state index is -3.93. The summed E-state index contributed by atoms with van der Waals surface area (Å²) < 4.78 is 33.1. The van der Waals surface area contributed by atoms with Gasteiger partial charge in [0.05, 0.1) is 10.6 Å². The number of hydrogen-bond donors (Lipinski definition) is 1. The molecule has 1 aliphatic carbocycles. The van der Waals surface area contributed by atoms with Crippen molar-refractivity contribution in [3.8, 4) is 0 Å². The maximum absolute atomic E-state index is 13.3. The molecule has 1 aliphatic heterocycles. The summed E-state index contributed by atoms with van der Waals surface area (Å²) >= 11 is 6.22. The lowest BCUT2D eigenvalue weighted by atomic mass is 9.95. The molecule has 176 valence electrons. The molecule has 33 heavy (non-hydrogen) atoms. The minimum absolute atomic E-state index is 0.0282. The number of amides is 1. The lowest BCUT2D eigenvalue weighted by Crippen LogP contribution is -2.38. The molecule has 0 spiro atoms. The summed E-state index contributed by atoms with van der Waals surface area (Å²) in [4.78, 5) is 24.5. The van der Waals surface area contributed by atoms with Crippen LogP contribution in [0.2, 0.25) is 5.02 Å². The Morgan fingerprint density at radius 2 is 1.79 bits per heavy atom. The van der Waals surface area contributed by atoms with E-state index in [2.05, 4.69) is 5.32 Å². The van der Waals surface area contributed by atoms with Crippen molar-refractivity contribution < 1.29 is 22.7 Å². The van der Waals surface area contributed by atoms with Gasteiger partial charge in [-0.2, -0.15) is 4.31 Å². The zero-order valence-electron chi connectivity index (χ0n) is 18.3. The number of rotatable bonds is 6. The van der Waals surface area contributed by atoms with E-state index in [-0.39, 0.29) is 34.0 Å². The topological polar surface area (TPSA) is 92.8 Å². The molecule has 1 heterocycles. The summed E-state index contributed by atoms with van der Waals surface area (Å²) in [7, 11) is -3.93. The fraction of sp³-hybridized carbons (Fsp3) is 0.417. The van der Waals surface area contributed by atoms with Gasteiger partial charge >= 0.3 is 5.97 Å². The van der Waals surface area contributed by atoms with Crippen molar-refractivity contribution in [3.05, 3.63) is 64.2 Å². The molecule has 1 amide bonds. The first-order valence-electron chi connectivity index (χ1n) is 11.2. The quantitative estimate of drug-likeness (QED) is 0.623. The molecule has 1 saturated carbocycles. The van der Waals surface area contributed by atoms with Crippen LogP contribution in [-0.4, -0.2) is 43.8 Å². The van der Waals surface area contributed by atoms with E-state index in [0.717, 1.165) is 36.8 Å². The molecule has 0 bridgehead atoms. The highest BCUT2D eigenvalue weighted by molar-refractivity contribution is 7.89. The third-order valence-electron chi connectivity index (χ3n) is 6.18. The maximum Gasteiger partial charge on any atom is 0.338 e. The molecule has 2 aliphatic rings. The number of esters is 1. The Morgan fingerprint density at radius 1 is 1.06 bits per heavy atom. The van der Waals surface area contributed by atoms with Crippen LogP contribution in [0, 0.1) is 0 Å². The van der Waals surface area contributed by atoms with Gasteiger partial charge in [0.25, 0.3) is 5.91 Å². The molecule has 0 saturated heterocycles. The smallest absolute Gasteiger partial charge is 0.338 e. The summed E-state index contributed by atoms with van der Waals surface area (Å²) in [5.41, 5.74) is 2.10. The summed E-state index contributed by atoms with van der Waals surface area (Å²) in [6, 6.07) is 11.8. The molecule has 7 nitrogen and oxygen atoms in total. The summed E-state index contributed by atoms with van der Waals surface area (Å²) in [5.74, 6) is -1.13. The standard InChI is InChI=1S/C24H27ClN2O5S/c25-21-11-10-18(24(29)32-16-23(28)26-20-8-2-1-3-9-20)14-22(21)33(30,31)27-13-12-17-6-4-5-7-19(17)15-27/h4-7,10-11,14,20H,1-3,8-9,12-13,15-16H2,(H,26,28). The van der Waals surface area contributed by atoms with Gasteiger partial charge in [0, 0.05) is 19.1 Å². The van der Waals surface area contributed by atoms with E-state index in [1.54, 1.807) is 0 Å². The number of ether oxygens (including phenoxy) is 1. The van der Waals surface area contributed by atoms with Crippen LogP contribution in [0.4, 0.5) is 0 Å². The van der Waals surface area contributed by atoms with Crippen LogP contribution in [0.5, 0.6) is 0 Å². The lowest BCUT2D eigenvalue weighted by Gasteiger charge is -2.28. The number of hydrogen-bond acceptors (Lipinski definition) is 5. The van der Waals surface area contributed by atoms with Crippen molar-refractivity contribution in [2.45, 2.75) is 56.0 Å². The number of fused-ring (bicyclic) bond motifs is 1. The molecule has 4 rings (SSSR count). The molecular formula is C24H27ClN2O5S. The van der Waals surface area contributed by atoms with Crippen LogP contribution in [-0.2, 0) is 32.5 Å². The first-order chi connectivity index (χ1) is 15.8. The van der Waals surface area contributed by atoms with Crippen LogP contribution >= 0.6 is 11.6 Å². The minimum Gasteiger partial charge on any atom is -0.452 e. The SMILES string of the molecule is O=C(COC(=O)c1ccc(Cl)c(S(=O)(=O)N2CCc3ccccc3C2)c1)NC1CCCCC1. The van der Waals surface area contributed by atoms with E-state index in [9.17, 15) is 18.0 Å². The van der Waals surface area contributed by atoms with Gasteiger partial charge in [-0.15, -0.1) is 0 Å².